The number of rotatable bonds is 6. The largest absolute Gasteiger partial charge is 0.493 e. The fourth-order valence-electron chi connectivity index (χ4n) is 2.11. The first-order valence-corrected chi connectivity index (χ1v) is 8.63. The van der Waals surface area contributed by atoms with Gasteiger partial charge in [0.05, 0.1) is 19.1 Å². The molecule has 0 radical (unpaired) electrons. The Morgan fingerprint density at radius 3 is 2.30 bits per heavy atom. The van der Waals surface area contributed by atoms with E-state index in [2.05, 4.69) is 0 Å². The van der Waals surface area contributed by atoms with E-state index in [1.165, 1.54) is 37.7 Å². The first-order valence-electron chi connectivity index (χ1n) is 6.82. The van der Waals surface area contributed by atoms with Gasteiger partial charge in [0.1, 0.15) is 0 Å². The van der Waals surface area contributed by atoms with Gasteiger partial charge in [0.25, 0.3) is 0 Å². The Labute approximate surface area is 141 Å². The van der Waals surface area contributed by atoms with Crippen molar-refractivity contribution in [3.63, 3.8) is 0 Å². The number of methoxy groups -OCH3 is 2. The smallest absolute Gasteiger partial charge is 0.243 e. The van der Waals surface area contributed by atoms with Crippen molar-refractivity contribution in [1.29, 1.82) is 0 Å². The van der Waals surface area contributed by atoms with Crippen LogP contribution in [-0.2, 0) is 16.6 Å². The Balaban J connectivity index is 2.32. The van der Waals surface area contributed by atoms with Crippen LogP contribution in [0.25, 0.3) is 0 Å². The molecule has 0 aromatic heterocycles. The maximum absolute atomic E-state index is 12.7. The van der Waals surface area contributed by atoms with Crippen LogP contribution in [0, 0.1) is 0 Å². The predicted molar refractivity (Wildman–Crippen MR) is 89.7 cm³/mol. The van der Waals surface area contributed by atoms with E-state index in [9.17, 15) is 8.42 Å². The Hall–Kier alpha value is -1.76. The molecular formula is C16H18ClNO4S. The van der Waals surface area contributed by atoms with Crippen LogP contribution < -0.4 is 9.47 Å². The predicted octanol–water partition coefficient (Wildman–Crippen LogP) is 3.18. The lowest BCUT2D eigenvalue weighted by atomic mass is 10.2. The second-order valence-corrected chi connectivity index (χ2v) is 7.32. The summed E-state index contributed by atoms with van der Waals surface area (Å²) in [5, 5.41) is 0.530. The molecule has 0 aliphatic heterocycles. The average Bonchev–Trinajstić information content (AvgIpc) is 2.56. The fraction of sp³-hybridized carbons (Fsp3) is 0.250. The quantitative estimate of drug-likeness (QED) is 0.798. The van der Waals surface area contributed by atoms with E-state index in [1.807, 2.05) is 6.07 Å². The van der Waals surface area contributed by atoms with Gasteiger partial charge < -0.3 is 9.47 Å². The molecule has 5 nitrogen and oxygen atoms in total. The number of hydrogen-bond acceptors (Lipinski definition) is 4. The maximum atomic E-state index is 12.7. The molecule has 0 aliphatic rings. The van der Waals surface area contributed by atoms with E-state index in [0.717, 1.165) is 5.56 Å². The highest BCUT2D eigenvalue weighted by Crippen LogP contribution is 2.31. The summed E-state index contributed by atoms with van der Waals surface area (Å²) in [5.41, 5.74) is 0.737. The maximum Gasteiger partial charge on any atom is 0.243 e. The second kappa shape index (κ2) is 7.21. The van der Waals surface area contributed by atoms with Crippen LogP contribution in [0.3, 0.4) is 0 Å². The molecule has 0 saturated carbocycles. The normalized spacial score (nSPS) is 11.5. The molecule has 0 bridgehead atoms. The zero-order valence-electron chi connectivity index (χ0n) is 13.1. The molecule has 0 spiro atoms. The van der Waals surface area contributed by atoms with Crippen molar-refractivity contribution in [2.75, 3.05) is 21.3 Å². The molecular weight excluding hydrogens is 338 g/mol. The van der Waals surface area contributed by atoms with Gasteiger partial charge >= 0.3 is 0 Å². The van der Waals surface area contributed by atoms with Gasteiger partial charge in [-0.2, -0.15) is 4.31 Å². The molecule has 0 saturated heterocycles. The highest BCUT2D eigenvalue weighted by Gasteiger charge is 2.23. The molecule has 0 amide bonds. The molecule has 23 heavy (non-hydrogen) atoms. The number of halogens is 1. The molecule has 7 heteroatoms. The molecule has 2 aromatic carbocycles. The molecule has 0 unspecified atom stereocenters. The summed E-state index contributed by atoms with van der Waals surface area (Å²) in [6.45, 7) is 0.177. The molecule has 2 rings (SSSR count). The van der Waals surface area contributed by atoms with Gasteiger partial charge in [-0.1, -0.05) is 29.8 Å². The SMILES string of the molecule is COc1ccc(S(=O)(=O)N(C)Cc2ccccc2Cl)cc1OC. The molecule has 0 aliphatic carbocycles. The topological polar surface area (TPSA) is 55.8 Å². The Morgan fingerprint density at radius 1 is 1.04 bits per heavy atom. The molecule has 0 fully saturated rings. The Morgan fingerprint density at radius 2 is 1.70 bits per heavy atom. The van der Waals surface area contributed by atoms with Crippen molar-refractivity contribution in [3.8, 4) is 11.5 Å². The number of benzene rings is 2. The van der Waals surface area contributed by atoms with Gasteiger partial charge in [0.15, 0.2) is 11.5 Å². The molecule has 0 atom stereocenters. The van der Waals surface area contributed by atoms with Crippen molar-refractivity contribution >= 4 is 21.6 Å². The van der Waals surface area contributed by atoms with Gasteiger partial charge in [-0.3, -0.25) is 0 Å². The number of hydrogen-bond donors (Lipinski definition) is 0. The molecule has 0 heterocycles. The van der Waals surface area contributed by atoms with Gasteiger partial charge in [-0.25, -0.2) is 8.42 Å². The zero-order valence-corrected chi connectivity index (χ0v) is 14.7. The van der Waals surface area contributed by atoms with Crippen molar-refractivity contribution in [3.05, 3.63) is 53.1 Å². The summed E-state index contributed by atoms with van der Waals surface area (Å²) in [7, 11) is 0.793. The van der Waals surface area contributed by atoms with Crippen LogP contribution in [0.2, 0.25) is 5.02 Å². The van der Waals surface area contributed by atoms with Gasteiger partial charge in [-0.05, 0) is 23.8 Å². The highest BCUT2D eigenvalue weighted by molar-refractivity contribution is 7.89. The van der Waals surface area contributed by atoms with Crippen LogP contribution in [-0.4, -0.2) is 34.0 Å². The Kier molecular flexibility index (Phi) is 5.51. The highest BCUT2D eigenvalue weighted by atomic mass is 35.5. The van der Waals surface area contributed by atoms with Crippen LogP contribution in [0.15, 0.2) is 47.4 Å². The van der Waals surface area contributed by atoms with Crippen molar-refractivity contribution in [2.24, 2.45) is 0 Å². The minimum atomic E-state index is -3.67. The summed E-state index contributed by atoms with van der Waals surface area (Å²) in [6, 6.07) is 11.6. The molecule has 124 valence electrons. The first kappa shape index (κ1) is 17.6. The minimum Gasteiger partial charge on any atom is -0.493 e. The second-order valence-electron chi connectivity index (χ2n) is 4.87. The molecule has 0 N–H and O–H groups in total. The third-order valence-electron chi connectivity index (χ3n) is 3.41. The summed E-state index contributed by atoms with van der Waals surface area (Å²) in [5.74, 6) is 0.833. The first-order chi connectivity index (χ1) is 10.9. The van der Waals surface area contributed by atoms with E-state index in [0.29, 0.717) is 16.5 Å². The van der Waals surface area contributed by atoms with Crippen molar-refractivity contribution in [1.82, 2.24) is 4.31 Å². The van der Waals surface area contributed by atoms with Crippen LogP contribution >= 0.6 is 11.6 Å². The monoisotopic (exact) mass is 355 g/mol. The van der Waals surface area contributed by atoms with Crippen molar-refractivity contribution < 1.29 is 17.9 Å². The lowest BCUT2D eigenvalue weighted by Crippen LogP contribution is -2.26. The van der Waals surface area contributed by atoms with Gasteiger partial charge in [0.2, 0.25) is 10.0 Å². The summed E-state index contributed by atoms with van der Waals surface area (Å²) in [4.78, 5) is 0.129. The van der Waals surface area contributed by atoms with E-state index in [1.54, 1.807) is 24.3 Å². The summed E-state index contributed by atoms with van der Waals surface area (Å²) < 4.78 is 36.9. The average molecular weight is 356 g/mol. The third kappa shape index (κ3) is 3.77. The lowest BCUT2D eigenvalue weighted by Gasteiger charge is -2.19. The van der Waals surface area contributed by atoms with E-state index >= 15 is 0 Å². The number of ether oxygens (including phenoxy) is 2. The van der Waals surface area contributed by atoms with Crippen LogP contribution in [0.4, 0.5) is 0 Å². The third-order valence-corrected chi connectivity index (χ3v) is 5.58. The van der Waals surface area contributed by atoms with Crippen molar-refractivity contribution in [2.45, 2.75) is 11.4 Å². The summed E-state index contributed by atoms with van der Waals surface area (Å²) in [6.07, 6.45) is 0. The zero-order chi connectivity index (χ0) is 17.0. The van der Waals surface area contributed by atoms with E-state index in [-0.39, 0.29) is 11.4 Å². The van der Waals surface area contributed by atoms with E-state index in [4.69, 9.17) is 21.1 Å². The number of sulfonamides is 1. The number of nitrogens with zero attached hydrogens (tertiary/aromatic N) is 1. The minimum absolute atomic E-state index is 0.129. The van der Waals surface area contributed by atoms with Gasteiger partial charge in [0, 0.05) is 24.7 Å². The molecule has 2 aromatic rings. The fourth-order valence-corrected chi connectivity index (χ4v) is 3.47. The lowest BCUT2D eigenvalue weighted by molar-refractivity contribution is 0.353. The van der Waals surface area contributed by atoms with Gasteiger partial charge in [-0.15, -0.1) is 0 Å². The van der Waals surface area contributed by atoms with Crippen LogP contribution in [0.1, 0.15) is 5.56 Å². The summed E-state index contributed by atoms with van der Waals surface area (Å²) >= 11 is 6.09. The Bertz CT molecular complexity index is 792. The van der Waals surface area contributed by atoms with Crippen LogP contribution in [0.5, 0.6) is 11.5 Å². The van der Waals surface area contributed by atoms with E-state index < -0.39 is 10.0 Å². The standard InChI is InChI=1S/C16H18ClNO4S/c1-18(11-12-6-4-5-7-14(12)17)23(19,20)13-8-9-15(21-2)16(10-13)22-3/h4-10H,11H2,1-3H3.